The molecule has 0 unspecified atom stereocenters. The number of piperidine rings is 1. The van der Waals surface area contributed by atoms with Gasteiger partial charge in [-0.2, -0.15) is 9.40 Å². The van der Waals surface area contributed by atoms with Crippen LogP contribution in [-0.2, 0) is 17.1 Å². The number of benzene rings is 1. The van der Waals surface area contributed by atoms with Crippen molar-refractivity contribution in [3.63, 3.8) is 0 Å². The Balaban J connectivity index is 1.37. The van der Waals surface area contributed by atoms with E-state index in [1.165, 1.54) is 11.1 Å². The quantitative estimate of drug-likeness (QED) is 0.511. The standard InChI is InChI=1S/C19H21N7O2S/c1-13-9-19-20-12-21-26(19)11-16(13)14-5-7-25(8-6-14)29(27,28)15-3-4-18-17(10-15)22-23-24(18)2/h3-4,9-12,14H,5-8H2,1-2H3. The molecule has 5 rings (SSSR count). The van der Waals surface area contributed by atoms with E-state index in [9.17, 15) is 8.42 Å². The van der Waals surface area contributed by atoms with Gasteiger partial charge in [0, 0.05) is 26.3 Å². The van der Waals surface area contributed by atoms with E-state index in [0.717, 1.165) is 24.0 Å². The molecule has 9 nitrogen and oxygen atoms in total. The van der Waals surface area contributed by atoms with E-state index in [4.69, 9.17) is 0 Å². The van der Waals surface area contributed by atoms with Gasteiger partial charge in [-0.15, -0.1) is 5.10 Å². The second kappa shape index (κ2) is 6.60. The molecule has 0 bridgehead atoms. The van der Waals surface area contributed by atoms with Crippen molar-refractivity contribution in [1.82, 2.24) is 33.9 Å². The first-order valence-corrected chi connectivity index (χ1v) is 11.0. The van der Waals surface area contributed by atoms with Crippen LogP contribution in [0.4, 0.5) is 0 Å². The minimum absolute atomic E-state index is 0.268. The Morgan fingerprint density at radius 2 is 1.93 bits per heavy atom. The largest absolute Gasteiger partial charge is 0.248 e. The molecule has 0 saturated carbocycles. The van der Waals surface area contributed by atoms with Gasteiger partial charge in [-0.25, -0.2) is 22.6 Å². The zero-order valence-corrected chi connectivity index (χ0v) is 17.0. The summed E-state index contributed by atoms with van der Waals surface area (Å²) in [6.45, 7) is 3.05. The van der Waals surface area contributed by atoms with E-state index in [1.54, 1.807) is 45.1 Å². The van der Waals surface area contributed by atoms with E-state index in [2.05, 4.69) is 27.3 Å². The number of sulfonamides is 1. The second-order valence-electron chi connectivity index (χ2n) is 7.52. The molecule has 3 aromatic heterocycles. The van der Waals surface area contributed by atoms with Gasteiger partial charge in [-0.1, -0.05) is 5.21 Å². The molecule has 29 heavy (non-hydrogen) atoms. The maximum absolute atomic E-state index is 13.1. The van der Waals surface area contributed by atoms with Gasteiger partial charge in [-0.3, -0.25) is 0 Å². The normalized spacial score (nSPS) is 16.8. The van der Waals surface area contributed by atoms with E-state index < -0.39 is 10.0 Å². The molecule has 4 aromatic rings. The third-order valence-electron chi connectivity index (χ3n) is 5.78. The Hall–Kier alpha value is -2.85. The molecule has 0 spiro atoms. The average molecular weight is 411 g/mol. The van der Waals surface area contributed by atoms with Crippen LogP contribution in [0.5, 0.6) is 0 Å². The fourth-order valence-corrected chi connectivity index (χ4v) is 5.63. The molecule has 0 atom stereocenters. The molecule has 4 heterocycles. The topological polar surface area (TPSA) is 98.3 Å². The summed E-state index contributed by atoms with van der Waals surface area (Å²) in [7, 11) is -1.77. The SMILES string of the molecule is Cc1cc2ncnn2cc1C1CCN(S(=O)(=O)c2ccc3c(c2)nnn3C)CC1. The summed E-state index contributed by atoms with van der Waals surface area (Å²) in [5, 5.41) is 12.2. The smallest absolute Gasteiger partial charge is 0.243 e. The van der Waals surface area contributed by atoms with Gasteiger partial charge < -0.3 is 0 Å². The van der Waals surface area contributed by atoms with Crippen LogP contribution in [0, 0.1) is 6.92 Å². The number of aromatic nitrogens is 6. The van der Waals surface area contributed by atoms with Crippen molar-refractivity contribution in [2.45, 2.75) is 30.6 Å². The van der Waals surface area contributed by atoms with Crippen LogP contribution in [-0.4, -0.2) is 55.4 Å². The maximum Gasteiger partial charge on any atom is 0.243 e. The minimum Gasteiger partial charge on any atom is -0.248 e. The Kier molecular flexibility index (Phi) is 4.14. The molecule has 0 N–H and O–H groups in total. The summed E-state index contributed by atoms with van der Waals surface area (Å²) >= 11 is 0. The van der Waals surface area contributed by atoms with Crippen molar-refractivity contribution in [1.29, 1.82) is 0 Å². The maximum atomic E-state index is 13.1. The van der Waals surface area contributed by atoms with Gasteiger partial charge in [0.2, 0.25) is 10.0 Å². The molecule has 0 amide bonds. The molecule has 1 fully saturated rings. The lowest BCUT2D eigenvalue weighted by Gasteiger charge is -2.32. The van der Waals surface area contributed by atoms with Crippen molar-refractivity contribution in [3.8, 4) is 0 Å². The van der Waals surface area contributed by atoms with Crippen LogP contribution in [0.25, 0.3) is 16.7 Å². The molecule has 1 aliphatic heterocycles. The van der Waals surface area contributed by atoms with Crippen LogP contribution in [0.2, 0.25) is 0 Å². The van der Waals surface area contributed by atoms with Crippen LogP contribution >= 0.6 is 0 Å². The summed E-state index contributed by atoms with van der Waals surface area (Å²) in [5.74, 6) is 0.303. The van der Waals surface area contributed by atoms with E-state index >= 15 is 0 Å². The number of hydrogen-bond acceptors (Lipinski definition) is 6. The molecule has 1 saturated heterocycles. The number of nitrogens with zero attached hydrogens (tertiary/aromatic N) is 7. The first-order chi connectivity index (χ1) is 13.9. The van der Waals surface area contributed by atoms with Gasteiger partial charge in [0.1, 0.15) is 11.8 Å². The highest BCUT2D eigenvalue weighted by Gasteiger charge is 2.31. The molecule has 1 aromatic carbocycles. The fraction of sp³-hybridized carbons (Fsp3) is 0.368. The summed E-state index contributed by atoms with van der Waals surface area (Å²) in [4.78, 5) is 4.49. The summed E-state index contributed by atoms with van der Waals surface area (Å²) < 4.78 is 31.3. The monoisotopic (exact) mass is 411 g/mol. The van der Waals surface area contributed by atoms with Crippen LogP contribution in [0.3, 0.4) is 0 Å². The Bertz CT molecular complexity index is 1320. The number of rotatable bonds is 3. The van der Waals surface area contributed by atoms with Gasteiger partial charge in [0.15, 0.2) is 5.65 Å². The van der Waals surface area contributed by atoms with Crippen molar-refractivity contribution in [2.75, 3.05) is 13.1 Å². The van der Waals surface area contributed by atoms with Gasteiger partial charge in [0.25, 0.3) is 0 Å². The molecule has 0 radical (unpaired) electrons. The summed E-state index contributed by atoms with van der Waals surface area (Å²) in [6, 6.07) is 7.02. The van der Waals surface area contributed by atoms with Crippen LogP contribution in [0.15, 0.2) is 41.7 Å². The minimum atomic E-state index is -3.56. The third kappa shape index (κ3) is 2.99. The fourth-order valence-electron chi connectivity index (χ4n) is 4.14. The van der Waals surface area contributed by atoms with E-state index in [0.29, 0.717) is 24.5 Å². The Labute approximate surface area is 168 Å². The van der Waals surface area contributed by atoms with Gasteiger partial charge in [-0.05, 0) is 61.1 Å². The van der Waals surface area contributed by atoms with Gasteiger partial charge >= 0.3 is 0 Å². The Morgan fingerprint density at radius 3 is 2.72 bits per heavy atom. The predicted molar refractivity (Wildman–Crippen MR) is 107 cm³/mol. The van der Waals surface area contributed by atoms with E-state index in [-0.39, 0.29) is 4.90 Å². The first kappa shape index (κ1) is 18.2. The zero-order valence-electron chi connectivity index (χ0n) is 16.2. The lowest BCUT2D eigenvalue weighted by Crippen LogP contribution is -2.38. The molecular formula is C19H21N7O2S. The zero-order chi connectivity index (χ0) is 20.2. The highest BCUT2D eigenvalue weighted by Crippen LogP contribution is 2.33. The number of pyridine rings is 1. The first-order valence-electron chi connectivity index (χ1n) is 9.53. The average Bonchev–Trinajstić information content (AvgIpc) is 3.33. The lowest BCUT2D eigenvalue weighted by molar-refractivity contribution is 0.318. The van der Waals surface area contributed by atoms with Crippen LogP contribution < -0.4 is 0 Å². The Morgan fingerprint density at radius 1 is 1.14 bits per heavy atom. The summed E-state index contributed by atoms with van der Waals surface area (Å²) in [6.07, 6.45) is 5.11. The molecule has 10 heteroatoms. The molecule has 1 aliphatic rings. The van der Waals surface area contributed by atoms with E-state index in [1.807, 2.05) is 12.3 Å². The van der Waals surface area contributed by atoms with Crippen molar-refractivity contribution < 1.29 is 8.42 Å². The van der Waals surface area contributed by atoms with Crippen molar-refractivity contribution >= 4 is 26.7 Å². The highest BCUT2D eigenvalue weighted by atomic mass is 32.2. The lowest BCUT2D eigenvalue weighted by atomic mass is 9.89. The summed E-state index contributed by atoms with van der Waals surface area (Å²) in [5.41, 5.74) is 4.59. The third-order valence-corrected chi connectivity index (χ3v) is 7.67. The highest BCUT2D eigenvalue weighted by molar-refractivity contribution is 7.89. The predicted octanol–water partition coefficient (Wildman–Crippen LogP) is 1.89. The van der Waals surface area contributed by atoms with Crippen LogP contribution in [0.1, 0.15) is 29.9 Å². The van der Waals surface area contributed by atoms with Gasteiger partial charge in [0.05, 0.1) is 10.4 Å². The molecule has 0 aliphatic carbocycles. The number of aryl methyl sites for hydroxylation is 2. The molecular weight excluding hydrogens is 390 g/mol. The second-order valence-corrected chi connectivity index (χ2v) is 9.45. The van der Waals surface area contributed by atoms with Crippen molar-refractivity contribution in [2.24, 2.45) is 7.05 Å². The van der Waals surface area contributed by atoms with Crippen molar-refractivity contribution in [3.05, 3.63) is 47.9 Å². The molecule has 150 valence electrons. The number of fused-ring (bicyclic) bond motifs is 2. The number of hydrogen-bond donors (Lipinski definition) is 0.